The molecule has 0 atom stereocenters. The molecule has 2 amide bonds. The highest BCUT2D eigenvalue weighted by molar-refractivity contribution is 6.30. The van der Waals surface area contributed by atoms with Gasteiger partial charge in [-0.15, -0.1) is 0 Å². The first kappa shape index (κ1) is 21.1. The third kappa shape index (κ3) is 4.84. The Bertz CT molecular complexity index is 1090. The van der Waals surface area contributed by atoms with Crippen LogP contribution in [0.5, 0.6) is 0 Å². The van der Waals surface area contributed by atoms with Gasteiger partial charge in [-0.2, -0.15) is 5.10 Å². The standard InChI is InChI=1S/C21H19ClN4O4/c1-13-18(11-24-26(13)17-5-3-4-15(22)10-17)21(29)25-16-8-6-14(7-9-16)20(28)23-12-19(27)30-2/h3-11H,12H2,1-2H3,(H,23,28)(H,25,29). The maximum absolute atomic E-state index is 12.7. The van der Waals surface area contributed by atoms with E-state index in [1.54, 1.807) is 54.1 Å². The zero-order chi connectivity index (χ0) is 21.7. The molecule has 0 radical (unpaired) electrons. The Balaban J connectivity index is 1.68. The minimum atomic E-state index is -0.541. The average molecular weight is 427 g/mol. The molecule has 3 aromatic rings. The van der Waals surface area contributed by atoms with Crippen LogP contribution in [0.3, 0.4) is 0 Å². The van der Waals surface area contributed by atoms with Crippen LogP contribution in [0.2, 0.25) is 5.02 Å². The van der Waals surface area contributed by atoms with Crippen LogP contribution in [0, 0.1) is 6.92 Å². The van der Waals surface area contributed by atoms with Crippen LogP contribution in [-0.4, -0.2) is 41.2 Å². The molecule has 3 rings (SSSR count). The summed E-state index contributed by atoms with van der Waals surface area (Å²) in [5.41, 5.74) is 2.69. The van der Waals surface area contributed by atoms with Crippen LogP contribution in [0.1, 0.15) is 26.4 Å². The number of anilines is 1. The Morgan fingerprint density at radius 2 is 1.83 bits per heavy atom. The van der Waals surface area contributed by atoms with Gasteiger partial charge >= 0.3 is 5.97 Å². The average Bonchev–Trinajstić information content (AvgIpc) is 3.13. The van der Waals surface area contributed by atoms with Gasteiger partial charge in [0.05, 0.1) is 30.3 Å². The minimum absolute atomic E-state index is 0.219. The highest BCUT2D eigenvalue weighted by Crippen LogP contribution is 2.19. The number of rotatable bonds is 6. The summed E-state index contributed by atoms with van der Waals surface area (Å²) in [5.74, 6) is -1.29. The second-order valence-corrected chi connectivity index (χ2v) is 6.76. The molecule has 0 unspecified atom stereocenters. The third-order valence-corrected chi connectivity index (χ3v) is 4.57. The number of hydrogen-bond acceptors (Lipinski definition) is 5. The van der Waals surface area contributed by atoms with Gasteiger partial charge in [-0.25, -0.2) is 4.68 Å². The summed E-state index contributed by atoms with van der Waals surface area (Å²) in [5, 5.41) is 10.1. The second-order valence-electron chi connectivity index (χ2n) is 6.33. The predicted molar refractivity (Wildman–Crippen MR) is 112 cm³/mol. The molecule has 0 aliphatic rings. The van der Waals surface area contributed by atoms with Crippen LogP contribution < -0.4 is 10.6 Å². The number of halogens is 1. The van der Waals surface area contributed by atoms with Crippen molar-refractivity contribution >= 4 is 35.1 Å². The van der Waals surface area contributed by atoms with E-state index in [9.17, 15) is 14.4 Å². The molecule has 0 saturated heterocycles. The molecule has 0 aliphatic heterocycles. The van der Waals surface area contributed by atoms with E-state index in [4.69, 9.17) is 11.6 Å². The van der Waals surface area contributed by atoms with Crippen molar-refractivity contribution < 1.29 is 19.1 Å². The number of methoxy groups -OCH3 is 1. The molecular weight excluding hydrogens is 408 g/mol. The molecule has 1 aromatic heterocycles. The van der Waals surface area contributed by atoms with Gasteiger partial charge in [-0.05, 0) is 49.4 Å². The van der Waals surface area contributed by atoms with Gasteiger partial charge in [0.15, 0.2) is 0 Å². The number of nitrogens with one attached hydrogen (secondary N) is 2. The largest absolute Gasteiger partial charge is 0.468 e. The van der Waals surface area contributed by atoms with Crippen LogP contribution in [0.15, 0.2) is 54.7 Å². The number of benzene rings is 2. The number of amides is 2. The van der Waals surface area contributed by atoms with E-state index < -0.39 is 11.9 Å². The van der Waals surface area contributed by atoms with Gasteiger partial charge in [0.25, 0.3) is 11.8 Å². The Morgan fingerprint density at radius 1 is 1.10 bits per heavy atom. The van der Waals surface area contributed by atoms with Crippen molar-refractivity contribution in [3.05, 3.63) is 76.6 Å². The van der Waals surface area contributed by atoms with Crippen LogP contribution in [-0.2, 0) is 9.53 Å². The number of carbonyl (C=O) groups is 3. The minimum Gasteiger partial charge on any atom is -0.468 e. The first-order valence-electron chi connectivity index (χ1n) is 8.96. The highest BCUT2D eigenvalue weighted by Gasteiger charge is 2.16. The van der Waals surface area contributed by atoms with E-state index >= 15 is 0 Å². The quantitative estimate of drug-likeness (QED) is 0.590. The van der Waals surface area contributed by atoms with Crippen molar-refractivity contribution in [3.8, 4) is 5.69 Å². The summed E-state index contributed by atoms with van der Waals surface area (Å²) in [6.07, 6.45) is 1.49. The van der Waals surface area contributed by atoms with Crippen LogP contribution in [0.4, 0.5) is 5.69 Å². The number of carbonyl (C=O) groups excluding carboxylic acids is 3. The summed E-state index contributed by atoms with van der Waals surface area (Å²) in [7, 11) is 1.24. The van der Waals surface area contributed by atoms with E-state index in [2.05, 4.69) is 20.5 Å². The van der Waals surface area contributed by atoms with E-state index in [1.165, 1.54) is 13.3 Å². The van der Waals surface area contributed by atoms with Crippen molar-refractivity contribution in [2.45, 2.75) is 6.92 Å². The third-order valence-electron chi connectivity index (χ3n) is 4.33. The van der Waals surface area contributed by atoms with Gasteiger partial charge < -0.3 is 15.4 Å². The van der Waals surface area contributed by atoms with Gasteiger partial charge in [0.2, 0.25) is 0 Å². The van der Waals surface area contributed by atoms with Gasteiger partial charge in [0, 0.05) is 16.3 Å². The predicted octanol–water partition coefficient (Wildman–Crippen LogP) is 2.99. The summed E-state index contributed by atoms with van der Waals surface area (Å²) >= 11 is 6.03. The van der Waals surface area contributed by atoms with Crippen molar-refractivity contribution in [1.29, 1.82) is 0 Å². The number of ether oxygens (including phenoxy) is 1. The lowest BCUT2D eigenvalue weighted by atomic mass is 10.2. The molecule has 2 aromatic carbocycles. The fourth-order valence-corrected chi connectivity index (χ4v) is 2.92. The molecule has 2 N–H and O–H groups in total. The summed E-state index contributed by atoms with van der Waals surface area (Å²) in [4.78, 5) is 35.8. The smallest absolute Gasteiger partial charge is 0.325 e. The molecule has 0 saturated carbocycles. The van der Waals surface area contributed by atoms with Crippen LogP contribution >= 0.6 is 11.6 Å². The normalized spacial score (nSPS) is 10.4. The van der Waals surface area contributed by atoms with Crippen molar-refractivity contribution in [2.75, 3.05) is 19.0 Å². The number of esters is 1. The molecule has 9 heteroatoms. The number of nitrogens with zero attached hydrogens (tertiary/aromatic N) is 2. The van der Waals surface area contributed by atoms with Gasteiger partial charge in [-0.3, -0.25) is 14.4 Å². The molecule has 8 nitrogen and oxygen atoms in total. The van der Waals surface area contributed by atoms with Crippen molar-refractivity contribution in [2.24, 2.45) is 0 Å². The number of hydrogen-bond donors (Lipinski definition) is 2. The molecule has 1 heterocycles. The first-order valence-corrected chi connectivity index (χ1v) is 9.34. The van der Waals surface area contributed by atoms with Crippen molar-refractivity contribution in [1.82, 2.24) is 15.1 Å². The molecule has 0 fully saturated rings. The van der Waals surface area contributed by atoms with E-state index in [0.717, 1.165) is 5.69 Å². The number of aromatic nitrogens is 2. The lowest BCUT2D eigenvalue weighted by Crippen LogP contribution is -2.30. The van der Waals surface area contributed by atoms with Crippen LogP contribution in [0.25, 0.3) is 5.69 Å². The Hall–Kier alpha value is -3.65. The first-order chi connectivity index (χ1) is 14.4. The van der Waals surface area contributed by atoms with E-state index in [0.29, 0.717) is 27.5 Å². The molecule has 0 spiro atoms. The molecule has 0 bridgehead atoms. The second kappa shape index (κ2) is 9.23. The van der Waals surface area contributed by atoms with E-state index in [-0.39, 0.29) is 12.5 Å². The van der Waals surface area contributed by atoms with E-state index in [1.807, 2.05) is 6.07 Å². The van der Waals surface area contributed by atoms with Crippen molar-refractivity contribution in [3.63, 3.8) is 0 Å². The highest BCUT2D eigenvalue weighted by atomic mass is 35.5. The monoisotopic (exact) mass is 426 g/mol. The van der Waals surface area contributed by atoms with Gasteiger partial charge in [0.1, 0.15) is 6.54 Å². The maximum Gasteiger partial charge on any atom is 0.325 e. The molecule has 30 heavy (non-hydrogen) atoms. The SMILES string of the molecule is COC(=O)CNC(=O)c1ccc(NC(=O)c2cnn(-c3cccc(Cl)c3)c2C)cc1. The fraction of sp³-hybridized carbons (Fsp3) is 0.143. The fourth-order valence-electron chi connectivity index (χ4n) is 2.73. The topological polar surface area (TPSA) is 102 Å². The Labute approximate surface area is 177 Å². The van der Waals surface area contributed by atoms with Gasteiger partial charge in [-0.1, -0.05) is 17.7 Å². The molecule has 154 valence electrons. The zero-order valence-electron chi connectivity index (χ0n) is 16.3. The maximum atomic E-state index is 12.7. The lowest BCUT2D eigenvalue weighted by molar-refractivity contribution is -0.139. The molecular formula is C21H19ClN4O4. The summed E-state index contributed by atoms with van der Waals surface area (Å²) in [6.45, 7) is 1.57. The zero-order valence-corrected chi connectivity index (χ0v) is 17.1. The Morgan fingerprint density at radius 3 is 2.50 bits per heavy atom. The summed E-state index contributed by atoms with van der Waals surface area (Å²) in [6, 6.07) is 13.5. The summed E-state index contributed by atoms with van der Waals surface area (Å²) < 4.78 is 6.11. The Kier molecular flexibility index (Phi) is 6.48. The molecule has 0 aliphatic carbocycles. The lowest BCUT2D eigenvalue weighted by Gasteiger charge is -2.08.